The quantitative estimate of drug-likeness (QED) is 0.528. The summed E-state index contributed by atoms with van der Waals surface area (Å²) >= 11 is 16.2. The Hall–Kier alpha value is -1.47. The average Bonchev–Trinajstić information content (AvgIpc) is 2.82. The topological polar surface area (TPSA) is 46.6 Å². The summed E-state index contributed by atoms with van der Waals surface area (Å²) in [5.74, 6) is 0.0265. The fourth-order valence-electron chi connectivity index (χ4n) is 2.32. The van der Waals surface area contributed by atoms with Crippen LogP contribution >= 0.6 is 50.9 Å². The number of hydrogen-bond acceptors (Lipinski definition) is 4. The van der Waals surface area contributed by atoms with E-state index in [9.17, 15) is 9.59 Å². The lowest BCUT2D eigenvalue weighted by atomic mass is 10.1. The van der Waals surface area contributed by atoms with Crippen molar-refractivity contribution in [2.24, 2.45) is 0 Å². The van der Waals surface area contributed by atoms with Gasteiger partial charge in [0.25, 0.3) is 11.1 Å². The molecule has 0 aliphatic carbocycles. The van der Waals surface area contributed by atoms with Gasteiger partial charge in [0.15, 0.2) is 0 Å². The molecule has 0 spiro atoms. The number of ether oxygens (including phenoxy) is 1. The van der Waals surface area contributed by atoms with Crippen LogP contribution in [0.3, 0.4) is 0 Å². The molecule has 3 rings (SSSR count). The van der Waals surface area contributed by atoms with E-state index in [4.69, 9.17) is 27.9 Å². The summed E-state index contributed by atoms with van der Waals surface area (Å²) in [6.07, 6.45) is 1.59. The predicted octanol–water partition coefficient (Wildman–Crippen LogP) is 6.01. The molecule has 4 nitrogen and oxygen atoms in total. The van der Waals surface area contributed by atoms with Crippen LogP contribution in [0.15, 0.2) is 45.8 Å². The Kier molecular flexibility index (Phi) is 5.43. The number of nitrogens with zero attached hydrogens (tertiary/aromatic N) is 1. The zero-order chi connectivity index (χ0) is 18.1. The van der Waals surface area contributed by atoms with Crippen molar-refractivity contribution in [2.75, 3.05) is 12.0 Å². The number of anilines is 1. The molecule has 0 saturated carbocycles. The Labute approximate surface area is 166 Å². The second-order valence-corrected chi connectivity index (χ2v) is 7.76. The van der Waals surface area contributed by atoms with Gasteiger partial charge in [-0.3, -0.25) is 9.59 Å². The van der Waals surface area contributed by atoms with Gasteiger partial charge in [-0.1, -0.05) is 39.1 Å². The molecule has 2 amide bonds. The van der Waals surface area contributed by atoms with Gasteiger partial charge in [0, 0.05) is 15.1 Å². The van der Waals surface area contributed by atoms with E-state index in [0.29, 0.717) is 27.0 Å². The SMILES string of the molecule is COc1c(Cl)cc(Br)cc1C=C1SC(=O)N(c2ccc(Cl)cc2)C1=O. The second-order valence-electron chi connectivity index (χ2n) is 5.00. The molecule has 0 atom stereocenters. The van der Waals surface area contributed by atoms with Crippen LogP contribution in [0.1, 0.15) is 5.56 Å². The van der Waals surface area contributed by atoms with Crippen molar-refractivity contribution in [1.82, 2.24) is 0 Å². The first-order chi connectivity index (χ1) is 11.9. The summed E-state index contributed by atoms with van der Waals surface area (Å²) in [5, 5.41) is 0.554. The third kappa shape index (κ3) is 3.72. The third-order valence-electron chi connectivity index (χ3n) is 3.41. The van der Waals surface area contributed by atoms with Crippen molar-refractivity contribution >= 4 is 73.8 Å². The van der Waals surface area contributed by atoms with E-state index in [1.54, 1.807) is 42.5 Å². The van der Waals surface area contributed by atoms with Gasteiger partial charge in [-0.05, 0) is 54.2 Å². The number of amides is 2. The first-order valence-electron chi connectivity index (χ1n) is 6.97. The van der Waals surface area contributed by atoms with Gasteiger partial charge >= 0.3 is 0 Å². The fraction of sp³-hybridized carbons (Fsp3) is 0.0588. The second kappa shape index (κ2) is 7.41. The molecule has 1 saturated heterocycles. The maximum absolute atomic E-state index is 12.7. The number of methoxy groups -OCH3 is 1. The number of imide groups is 1. The normalized spacial score (nSPS) is 16.0. The van der Waals surface area contributed by atoms with Gasteiger partial charge in [0.2, 0.25) is 0 Å². The lowest BCUT2D eigenvalue weighted by Crippen LogP contribution is -2.27. The Morgan fingerprint density at radius 3 is 2.48 bits per heavy atom. The summed E-state index contributed by atoms with van der Waals surface area (Å²) in [6, 6.07) is 9.95. The number of rotatable bonds is 3. The lowest BCUT2D eigenvalue weighted by molar-refractivity contribution is -0.113. The summed E-state index contributed by atoms with van der Waals surface area (Å²) in [6.45, 7) is 0. The number of benzene rings is 2. The molecule has 2 aromatic carbocycles. The molecule has 128 valence electrons. The first kappa shape index (κ1) is 18.3. The molecule has 1 aliphatic rings. The van der Waals surface area contributed by atoms with Crippen molar-refractivity contribution in [3.05, 3.63) is 61.4 Å². The van der Waals surface area contributed by atoms with Crippen molar-refractivity contribution in [2.45, 2.75) is 0 Å². The number of hydrogen-bond donors (Lipinski definition) is 0. The van der Waals surface area contributed by atoms with Crippen LogP contribution in [0.25, 0.3) is 6.08 Å². The van der Waals surface area contributed by atoms with Crippen LogP contribution < -0.4 is 9.64 Å². The Balaban J connectivity index is 2.00. The predicted molar refractivity (Wildman–Crippen MR) is 106 cm³/mol. The van der Waals surface area contributed by atoms with Gasteiger partial charge in [0.05, 0.1) is 22.7 Å². The van der Waals surface area contributed by atoms with E-state index < -0.39 is 5.91 Å². The smallest absolute Gasteiger partial charge is 0.298 e. The number of halogens is 3. The van der Waals surface area contributed by atoms with E-state index >= 15 is 0 Å². The molecule has 0 unspecified atom stereocenters. The molecule has 1 aliphatic heterocycles. The van der Waals surface area contributed by atoms with Crippen molar-refractivity contribution in [3.63, 3.8) is 0 Å². The maximum Gasteiger partial charge on any atom is 0.298 e. The summed E-state index contributed by atoms with van der Waals surface area (Å²) < 4.78 is 6.03. The summed E-state index contributed by atoms with van der Waals surface area (Å²) in [5.41, 5.74) is 1.07. The van der Waals surface area contributed by atoms with Crippen LogP contribution in [0.4, 0.5) is 10.5 Å². The van der Waals surface area contributed by atoms with E-state index in [1.807, 2.05) is 0 Å². The highest BCUT2D eigenvalue weighted by Crippen LogP contribution is 2.39. The molecule has 25 heavy (non-hydrogen) atoms. The number of carbonyl (C=O) groups is 2. The standard InChI is InChI=1S/C17H10BrCl2NO3S/c1-24-15-9(6-10(18)8-13(15)20)7-14-16(22)21(17(23)25-14)12-4-2-11(19)3-5-12/h2-8H,1H3. The molecule has 0 bridgehead atoms. The third-order valence-corrected chi connectivity index (χ3v) is 5.27. The molecule has 0 N–H and O–H groups in total. The largest absolute Gasteiger partial charge is 0.495 e. The zero-order valence-corrected chi connectivity index (χ0v) is 16.7. The van der Waals surface area contributed by atoms with Gasteiger partial charge in [0.1, 0.15) is 5.75 Å². The van der Waals surface area contributed by atoms with Crippen molar-refractivity contribution < 1.29 is 14.3 Å². The monoisotopic (exact) mass is 457 g/mol. The molecule has 1 heterocycles. The Bertz CT molecular complexity index is 900. The molecule has 8 heteroatoms. The van der Waals surface area contributed by atoms with Gasteiger partial charge < -0.3 is 4.74 Å². The van der Waals surface area contributed by atoms with Crippen LogP contribution in [0.5, 0.6) is 5.75 Å². The summed E-state index contributed by atoms with van der Waals surface area (Å²) in [7, 11) is 1.49. The number of carbonyl (C=O) groups excluding carboxylic acids is 2. The summed E-state index contributed by atoms with van der Waals surface area (Å²) in [4.78, 5) is 26.4. The number of thioether (sulfide) groups is 1. The fourth-order valence-corrected chi connectivity index (χ4v) is 4.19. The van der Waals surface area contributed by atoms with Crippen LogP contribution in [-0.4, -0.2) is 18.3 Å². The molecule has 0 radical (unpaired) electrons. The highest BCUT2D eigenvalue weighted by Gasteiger charge is 2.36. The molecule has 0 aromatic heterocycles. The molecule has 1 fully saturated rings. The van der Waals surface area contributed by atoms with E-state index in [2.05, 4.69) is 15.9 Å². The highest BCUT2D eigenvalue weighted by molar-refractivity contribution is 9.10. The highest BCUT2D eigenvalue weighted by atomic mass is 79.9. The van der Waals surface area contributed by atoms with Gasteiger partial charge in [-0.25, -0.2) is 4.90 Å². The van der Waals surface area contributed by atoms with Crippen molar-refractivity contribution in [3.8, 4) is 5.75 Å². The minimum atomic E-state index is -0.407. The molecular formula is C17H10BrCl2NO3S. The average molecular weight is 459 g/mol. The lowest BCUT2D eigenvalue weighted by Gasteiger charge is -2.12. The van der Waals surface area contributed by atoms with Crippen LogP contribution in [0, 0.1) is 0 Å². The minimum Gasteiger partial charge on any atom is -0.495 e. The van der Waals surface area contributed by atoms with Gasteiger partial charge in [-0.15, -0.1) is 0 Å². The minimum absolute atomic E-state index is 0.285. The zero-order valence-electron chi connectivity index (χ0n) is 12.8. The molecular weight excluding hydrogens is 449 g/mol. The first-order valence-corrected chi connectivity index (χ1v) is 9.34. The Morgan fingerprint density at radius 1 is 1.16 bits per heavy atom. The van der Waals surface area contributed by atoms with Crippen molar-refractivity contribution in [1.29, 1.82) is 0 Å². The molecule has 2 aromatic rings. The Morgan fingerprint density at radius 2 is 1.84 bits per heavy atom. The van der Waals surface area contributed by atoms with E-state index in [-0.39, 0.29) is 10.1 Å². The van der Waals surface area contributed by atoms with E-state index in [0.717, 1.165) is 21.1 Å². The van der Waals surface area contributed by atoms with Crippen LogP contribution in [-0.2, 0) is 4.79 Å². The van der Waals surface area contributed by atoms with Crippen LogP contribution in [0.2, 0.25) is 10.0 Å². The maximum atomic E-state index is 12.7. The van der Waals surface area contributed by atoms with E-state index in [1.165, 1.54) is 7.11 Å². The van der Waals surface area contributed by atoms with Gasteiger partial charge in [-0.2, -0.15) is 0 Å².